The molecule has 0 aliphatic heterocycles. The molecule has 2 aromatic carbocycles. The van der Waals surface area contributed by atoms with E-state index in [1.165, 1.54) is 26.4 Å². The first-order chi connectivity index (χ1) is 14.4. The molecule has 0 unspecified atom stereocenters. The van der Waals surface area contributed by atoms with Crippen LogP contribution < -0.4 is 14.2 Å². The number of hydrogen-bond acceptors (Lipinski definition) is 5. The molecule has 0 radical (unpaired) electrons. The van der Waals surface area contributed by atoms with Gasteiger partial charge in [0.2, 0.25) is 0 Å². The first-order valence-corrected chi connectivity index (χ1v) is 10.7. The molecule has 0 aliphatic carbocycles. The molecule has 8 heteroatoms. The fourth-order valence-electron chi connectivity index (χ4n) is 3.24. The average Bonchev–Trinajstić information content (AvgIpc) is 3.19. The molecule has 1 N–H and O–H groups in total. The second kappa shape index (κ2) is 7.72. The maximum atomic E-state index is 13.0. The molecule has 30 heavy (non-hydrogen) atoms. The van der Waals surface area contributed by atoms with Crippen molar-refractivity contribution in [3.8, 4) is 22.8 Å². The van der Waals surface area contributed by atoms with Crippen LogP contribution in [0.15, 0.2) is 71.9 Å². The van der Waals surface area contributed by atoms with Gasteiger partial charge in [0.1, 0.15) is 22.0 Å². The Morgan fingerprint density at radius 2 is 1.83 bits per heavy atom. The van der Waals surface area contributed by atoms with E-state index in [1.807, 2.05) is 41.9 Å². The highest BCUT2D eigenvalue weighted by Crippen LogP contribution is 2.31. The van der Waals surface area contributed by atoms with Crippen molar-refractivity contribution in [1.29, 1.82) is 0 Å². The van der Waals surface area contributed by atoms with E-state index in [9.17, 15) is 8.42 Å². The Bertz CT molecular complexity index is 1330. The lowest BCUT2D eigenvalue weighted by atomic mass is 10.1. The molecule has 0 aliphatic rings. The van der Waals surface area contributed by atoms with Crippen molar-refractivity contribution < 1.29 is 17.9 Å². The van der Waals surface area contributed by atoms with E-state index in [2.05, 4.69) is 9.71 Å². The van der Waals surface area contributed by atoms with Crippen molar-refractivity contribution in [2.24, 2.45) is 0 Å². The summed E-state index contributed by atoms with van der Waals surface area (Å²) in [6, 6.07) is 15.6. The summed E-state index contributed by atoms with van der Waals surface area (Å²) in [5, 5.41) is 0. The summed E-state index contributed by atoms with van der Waals surface area (Å²) in [6.45, 7) is 2.00. The van der Waals surface area contributed by atoms with Crippen LogP contribution in [0.1, 0.15) is 5.56 Å². The number of sulfonamides is 1. The summed E-state index contributed by atoms with van der Waals surface area (Å²) in [5.41, 5.74) is 3.92. The molecule has 0 atom stereocenters. The van der Waals surface area contributed by atoms with Gasteiger partial charge in [0.15, 0.2) is 0 Å². The van der Waals surface area contributed by atoms with Crippen LogP contribution in [0.25, 0.3) is 16.9 Å². The zero-order chi connectivity index (χ0) is 21.3. The molecule has 0 saturated carbocycles. The number of anilines is 1. The third-order valence-corrected chi connectivity index (χ3v) is 6.17. The number of nitrogens with one attached hydrogen (secondary N) is 1. The fraction of sp³-hybridized carbons (Fsp3) is 0.136. The van der Waals surface area contributed by atoms with E-state index in [1.54, 1.807) is 24.3 Å². The second-order valence-corrected chi connectivity index (χ2v) is 8.40. The third-order valence-electron chi connectivity index (χ3n) is 4.75. The minimum atomic E-state index is -3.87. The van der Waals surface area contributed by atoms with Gasteiger partial charge in [-0.25, -0.2) is 13.4 Å². The Balaban J connectivity index is 1.68. The van der Waals surface area contributed by atoms with Crippen LogP contribution in [-0.2, 0) is 10.0 Å². The maximum absolute atomic E-state index is 13.0. The molecule has 0 amide bonds. The Labute approximate surface area is 175 Å². The van der Waals surface area contributed by atoms with Crippen molar-refractivity contribution in [3.05, 3.63) is 72.6 Å². The van der Waals surface area contributed by atoms with Gasteiger partial charge in [0.25, 0.3) is 10.0 Å². The monoisotopic (exact) mass is 423 g/mol. The van der Waals surface area contributed by atoms with E-state index in [4.69, 9.17) is 9.47 Å². The van der Waals surface area contributed by atoms with Crippen molar-refractivity contribution in [2.45, 2.75) is 11.8 Å². The van der Waals surface area contributed by atoms with Gasteiger partial charge in [0, 0.05) is 29.7 Å². The van der Waals surface area contributed by atoms with Crippen LogP contribution >= 0.6 is 0 Å². The molecule has 0 saturated heterocycles. The number of pyridine rings is 1. The lowest BCUT2D eigenvalue weighted by Gasteiger charge is -2.13. The van der Waals surface area contributed by atoms with Gasteiger partial charge in [-0.1, -0.05) is 18.2 Å². The number of aryl methyl sites for hydroxylation is 1. The largest absolute Gasteiger partial charge is 0.497 e. The molecule has 2 heterocycles. The third kappa shape index (κ3) is 3.69. The van der Waals surface area contributed by atoms with Crippen LogP contribution in [0.3, 0.4) is 0 Å². The number of methoxy groups -OCH3 is 2. The summed E-state index contributed by atoms with van der Waals surface area (Å²) < 4.78 is 40.9. The molecule has 4 aromatic rings. The Kier molecular flexibility index (Phi) is 5.09. The number of hydrogen-bond donors (Lipinski definition) is 1. The van der Waals surface area contributed by atoms with Gasteiger partial charge in [-0.2, -0.15) is 0 Å². The number of benzene rings is 2. The summed E-state index contributed by atoms with van der Waals surface area (Å²) in [5.74, 6) is 0.712. The number of rotatable bonds is 6. The van der Waals surface area contributed by atoms with Gasteiger partial charge in [-0.15, -0.1) is 0 Å². The van der Waals surface area contributed by atoms with Crippen molar-refractivity contribution >= 4 is 21.4 Å². The van der Waals surface area contributed by atoms with E-state index in [0.717, 1.165) is 22.5 Å². The molecule has 0 fully saturated rings. The lowest BCUT2D eigenvalue weighted by Crippen LogP contribution is -2.14. The molecule has 0 bridgehead atoms. The zero-order valence-corrected chi connectivity index (χ0v) is 17.6. The zero-order valence-electron chi connectivity index (χ0n) is 16.8. The molecule has 154 valence electrons. The summed E-state index contributed by atoms with van der Waals surface area (Å²) in [6.07, 6.45) is 3.85. The number of ether oxygens (including phenoxy) is 2. The molecule has 2 aromatic heterocycles. The summed E-state index contributed by atoms with van der Waals surface area (Å²) in [4.78, 5) is 4.70. The molecule has 7 nitrogen and oxygen atoms in total. The SMILES string of the molecule is COc1ccc(S(=O)(=O)Nc2cccc(-c3cn4cccc(C)c4n3)c2)c(OC)c1. The highest BCUT2D eigenvalue weighted by Gasteiger charge is 2.20. The first kappa shape index (κ1) is 19.8. The average molecular weight is 423 g/mol. The quantitative estimate of drug-likeness (QED) is 0.504. The first-order valence-electron chi connectivity index (χ1n) is 9.21. The maximum Gasteiger partial charge on any atom is 0.265 e. The van der Waals surface area contributed by atoms with Gasteiger partial charge in [-0.3, -0.25) is 4.72 Å². The van der Waals surface area contributed by atoms with E-state index < -0.39 is 10.0 Å². The number of imidazole rings is 1. The number of fused-ring (bicyclic) bond motifs is 1. The molecular formula is C22H21N3O4S. The Hall–Kier alpha value is -3.52. The summed E-state index contributed by atoms with van der Waals surface area (Å²) in [7, 11) is -0.944. The van der Waals surface area contributed by atoms with Crippen molar-refractivity contribution in [3.63, 3.8) is 0 Å². The molecule has 4 rings (SSSR count). The van der Waals surface area contributed by atoms with Crippen molar-refractivity contribution in [2.75, 3.05) is 18.9 Å². The summed E-state index contributed by atoms with van der Waals surface area (Å²) >= 11 is 0. The van der Waals surface area contributed by atoms with Crippen LogP contribution in [0.4, 0.5) is 5.69 Å². The number of nitrogens with zero attached hydrogens (tertiary/aromatic N) is 2. The van der Waals surface area contributed by atoms with Gasteiger partial charge >= 0.3 is 0 Å². The van der Waals surface area contributed by atoms with E-state index >= 15 is 0 Å². The van der Waals surface area contributed by atoms with Crippen LogP contribution in [-0.4, -0.2) is 32.0 Å². The van der Waals surface area contributed by atoms with Gasteiger partial charge in [0.05, 0.1) is 19.9 Å². The predicted molar refractivity (Wildman–Crippen MR) is 116 cm³/mol. The second-order valence-electron chi connectivity index (χ2n) is 6.75. The van der Waals surface area contributed by atoms with Gasteiger partial charge < -0.3 is 13.9 Å². The fourth-order valence-corrected chi connectivity index (χ4v) is 4.44. The highest BCUT2D eigenvalue weighted by atomic mass is 32.2. The minimum Gasteiger partial charge on any atom is -0.497 e. The molecular weight excluding hydrogens is 402 g/mol. The smallest absolute Gasteiger partial charge is 0.265 e. The Morgan fingerprint density at radius 1 is 1.00 bits per heavy atom. The standard InChI is InChI=1S/C22H21N3O4S/c1-15-6-5-11-25-14-19(23-22(15)25)16-7-4-8-17(12-16)24-30(26,27)21-10-9-18(28-2)13-20(21)29-3/h4-14,24H,1-3H3. The van der Waals surface area contributed by atoms with Crippen molar-refractivity contribution in [1.82, 2.24) is 9.38 Å². The normalized spacial score (nSPS) is 11.4. The minimum absolute atomic E-state index is 0.0274. The predicted octanol–water partition coefficient (Wildman–Crippen LogP) is 4.13. The Morgan fingerprint density at radius 3 is 2.57 bits per heavy atom. The highest BCUT2D eigenvalue weighted by molar-refractivity contribution is 7.92. The van der Waals surface area contributed by atoms with Gasteiger partial charge in [-0.05, 0) is 42.8 Å². The van der Waals surface area contributed by atoms with Crippen LogP contribution in [0, 0.1) is 6.92 Å². The topological polar surface area (TPSA) is 81.9 Å². The molecule has 0 spiro atoms. The van der Waals surface area contributed by atoms with Crippen LogP contribution in [0.5, 0.6) is 11.5 Å². The number of aromatic nitrogens is 2. The van der Waals surface area contributed by atoms with Crippen LogP contribution in [0.2, 0.25) is 0 Å². The van der Waals surface area contributed by atoms with E-state index in [-0.39, 0.29) is 10.6 Å². The van der Waals surface area contributed by atoms with E-state index in [0.29, 0.717) is 11.4 Å². The lowest BCUT2D eigenvalue weighted by molar-refractivity contribution is 0.386.